The van der Waals surface area contributed by atoms with Crippen molar-refractivity contribution in [3.8, 4) is 34.4 Å². The molecule has 5 aromatic heterocycles. The summed E-state index contributed by atoms with van der Waals surface area (Å²) in [5, 5.41) is 8.06. The van der Waals surface area contributed by atoms with Gasteiger partial charge in [-0.3, -0.25) is 4.98 Å². The maximum absolute atomic E-state index is 4.75. The van der Waals surface area contributed by atoms with Crippen LogP contribution in [-0.4, -0.2) is 33.5 Å². The molecule has 0 unspecified atom stereocenters. The van der Waals surface area contributed by atoms with Crippen molar-refractivity contribution in [3.63, 3.8) is 0 Å². The monoisotopic (exact) mass is 548 g/mol. The van der Waals surface area contributed by atoms with Crippen LogP contribution in [0, 0.1) is 25.7 Å². The number of terminal acetylenes is 1. The molecule has 6 rings (SSSR count). The lowest BCUT2D eigenvalue weighted by atomic mass is 10.0. The van der Waals surface area contributed by atoms with E-state index in [0.29, 0.717) is 0 Å². The maximum atomic E-state index is 4.75. The zero-order valence-electron chi connectivity index (χ0n) is 23.2. The molecule has 6 nitrogen and oxygen atoms in total. The fourth-order valence-corrected chi connectivity index (χ4v) is 6.49. The summed E-state index contributed by atoms with van der Waals surface area (Å²) in [5.74, 6) is 1.72. The normalized spacial score (nSPS) is 13.3. The number of anilines is 1. The second-order valence-electron chi connectivity index (χ2n) is 10.3. The van der Waals surface area contributed by atoms with Gasteiger partial charge in [-0.15, -0.1) is 24.2 Å². The molecule has 5 heterocycles. The lowest BCUT2D eigenvalue weighted by Crippen LogP contribution is -2.20. The third-order valence-corrected chi connectivity index (χ3v) is 8.58. The molecule has 0 amide bonds. The number of nitrogens with zero attached hydrogens (tertiary/aromatic N) is 3. The van der Waals surface area contributed by atoms with Gasteiger partial charge in [-0.2, -0.15) is 0 Å². The summed E-state index contributed by atoms with van der Waals surface area (Å²) in [6.07, 6.45) is 21.9. The predicted octanol–water partition coefficient (Wildman–Crippen LogP) is 7.22. The summed E-state index contributed by atoms with van der Waals surface area (Å²) >= 11 is 1.81. The van der Waals surface area contributed by atoms with Gasteiger partial charge in [0.05, 0.1) is 0 Å². The van der Waals surface area contributed by atoms with E-state index in [9.17, 15) is 0 Å². The van der Waals surface area contributed by atoms with Gasteiger partial charge >= 0.3 is 0 Å². The highest BCUT2D eigenvalue weighted by atomic mass is 32.1. The topological polar surface area (TPSA) is 78.5 Å². The lowest BCUT2D eigenvalue weighted by Gasteiger charge is -2.12. The summed E-state index contributed by atoms with van der Waals surface area (Å²) in [6.45, 7) is 4.09. The minimum absolute atomic E-state index is 0.729. The van der Waals surface area contributed by atoms with E-state index < -0.39 is 0 Å². The summed E-state index contributed by atoms with van der Waals surface area (Å²) < 4.78 is 0. The average molecular weight is 549 g/mol. The number of rotatable bonds is 9. The molecule has 40 heavy (non-hydrogen) atoms. The first kappa shape index (κ1) is 27.6. The minimum Gasteiger partial charge on any atom is -0.373 e. The van der Waals surface area contributed by atoms with Crippen LogP contribution < -0.4 is 10.6 Å². The van der Waals surface area contributed by atoms with Gasteiger partial charge in [0.15, 0.2) is 0 Å². The summed E-state index contributed by atoms with van der Waals surface area (Å²) in [6, 6.07) is 13.2. The Balaban J connectivity index is 0.00000158. The van der Waals surface area contributed by atoms with E-state index in [1.807, 2.05) is 43.2 Å². The Kier molecular flexibility index (Phi) is 8.90. The van der Waals surface area contributed by atoms with E-state index in [1.165, 1.54) is 46.6 Å². The predicted molar refractivity (Wildman–Crippen MR) is 168 cm³/mol. The first-order valence-corrected chi connectivity index (χ1v) is 14.7. The fourth-order valence-electron chi connectivity index (χ4n) is 5.58. The molecule has 204 valence electrons. The molecule has 1 aliphatic carbocycles. The Morgan fingerprint density at radius 2 is 1.82 bits per heavy atom. The van der Waals surface area contributed by atoms with Gasteiger partial charge in [0.1, 0.15) is 11.5 Å². The van der Waals surface area contributed by atoms with Gasteiger partial charge in [0.25, 0.3) is 0 Å². The van der Waals surface area contributed by atoms with Crippen molar-refractivity contribution in [3.05, 3.63) is 82.9 Å². The average Bonchev–Trinajstić information content (AvgIpc) is 3.75. The van der Waals surface area contributed by atoms with Crippen LogP contribution in [0.2, 0.25) is 0 Å². The van der Waals surface area contributed by atoms with Gasteiger partial charge in [-0.05, 0) is 74.2 Å². The molecule has 1 aliphatic rings. The number of H-pyrrole nitrogens is 1. The molecule has 5 aromatic rings. The Morgan fingerprint density at radius 1 is 1.00 bits per heavy atom. The molecule has 3 N–H and O–H groups in total. The third kappa shape index (κ3) is 6.25. The number of aromatic amines is 1. The third-order valence-electron chi connectivity index (χ3n) is 7.54. The van der Waals surface area contributed by atoms with Crippen LogP contribution in [0.15, 0.2) is 61.2 Å². The largest absolute Gasteiger partial charge is 0.373 e. The first-order chi connectivity index (χ1) is 19.7. The number of hydrogen-bond acceptors (Lipinski definition) is 6. The molecule has 1 fully saturated rings. The quantitative estimate of drug-likeness (QED) is 0.170. The number of nitrogens with one attached hydrogen (secondary N) is 3. The maximum Gasteiger partial charge on any atom is 0.138 e. The van der Waals surface area contributed by atoms with E-state index in [0.717, 1.165) is 64.7 Å². The molecule has 0 atom stereocenters. The van der Waals surface area contributed by atoms with Crippen LogP contribution in [0.3, 0.4) is 0 Å². The van der Waals surface area contributed by atoms with Gasteiger partial charge in [-0.1, -0.05) is 12.8 Å². The molecular formula is C33H36N6S. The van der Waals surface area contributed by atoms with Gasteiger partial charge in [0, 0.05) is 87.9 Å². The number of pyridine rings is 3. The Labute approximate surface area is 240 Å². The van der Waals surface area contributed by atoms with Crippen LogP contribution in [-0.2, 0) is 13.0 Å². The van der Waals surface area contributed by atoms with E-state index in [-0.39, 0.29) is 0 Å². The zero-order valence-corrected chi connectivity index (χ0v) is 24.0. The van der Waals surface area contributed by atoms with Crippen LogP contribution >= 0.6 is 11.3 Å². The number of fused-ring (bicyclic) bond motifs is 1. The minimum atomic E-state index is 0.729. The molecule has 0 aromatic carbocycles. The Hall–Kier alpha value is -3.99. The molecule has 0 radical (unpaired) electrons. The second kappa shape index (κ2) is 12.9. The van der Waals surface area contributed by atoms with Crippen LogP contribution in [0.4, 0.5) is 5.82 Å². The fraction of sp³-hybridized carbons (Fsp3) is 0.303. The van der Waals surface area contributed by atoms with E-state index >= 15 is 0 Å². The second-order valence-corrected chi connectivity index (χ2v) is 11.6. The molecule has 0 aliphatic heterocycles. The standard InChI is InChI=1S/C31H34N6S.C2H2/c1-20-7-8-29(38-20)27-9-10-35-31-28(27)14-26(37-31)13-23-12-25(19-36-30(23)32-2)24-11-22(17-34-18-24)16-33-15-21-5-3-4-6-21;1-2/h7-12,14,17-19,21,33H,3-6,13,15-16H2,1-2H3,(H,32,36)(H,35,37);1-2H. The van der Waals surface area contributed by atoms with Crippen molar-refractivity contribution in [2.45, 2.75) is 45.6 Å². The Morgan fingerprint density at radius 3 is 2.60 bits per heavy atom. The van der Waals surface area contributed by atoms with Crippen molar-refractivity contribution in [1.82, 2.24) is 25.3 Å². The highest BCUT2D eigenvalue weighted by Gasteiger charge is 2.15. The number of hydrogen-bond donors (Lipinski definition) is 3. The number of aromatic nitrogens is 4. The molecule has 1 saturated carbocycles. The first-order valence-electron chi connectivity index (χ1n) is 13.8. The smallest absolute Gasteiger partial charge is 0.138 e. The van der Waals surface area contributed by atoms with Gasteiger partial charge in [-0.25, -0.2) is 9.97 Å². The van der Waals surface area contributed by atoms with Crippen molar-refractivity contribution in [1.29, 1.82) is 0 Å². The van der Waals surface area contributed by atoms with E-state index in [1.54, 1.807) is 0 Å². The highest BCUT2D eigenvalue weighted by molar-refractivity contribution is 7.15. The Bertz CT molecular complexity index is 1590. The van der Waals surface area contributed by atoms with Crippen LogP contribution in [0.25, 0.3) is 32.6 Å². The SMILES string of the molecule is C#C.CNc1ncc(-c2cncc(CNCC3CCCC3)c2)cc1Cc1cc2c(-c3ccc(C)s3)ccnc2[nH]1. The van der Waals surface area contributed by atoms with Gasteiger partial charge < -0.3 is 15.6 Å². The molecule has 0 saturated heterocycles. The van der Waals surface area contributed by atoms with Gasteiger partial charge in [0.2, 0.25) is 0 Å². The van der Waals surface area contributed by atoms with E-state index in [4.69, 9.17) is 4.98 Å². The zero-order chi connectivity index (χ0) is 27.9. The van der Waals surface area contributed by atoms with Crippen LogP contribution in [0.1, 0.15) is 47.4 Å². The molecule has 0 spiro atoms. The van der Waals surface area contributed by atoms with Crippen molar-refractivity contribution >= 4 is 28.2 Å². The summed E-state index contributed by atoms with van der Waals surface area (Å²) in [5.41, 5.74) is 7.77. The molecular weight excluding hydrogens is 512 g/mol. The summed E-state index contributed by atoms with van der Waals surface area (Å²) in [4.78, 5) is 20.0. The molecule has 0 bridgehead atoms. The summed E-state index contributed by atoms with van der Waals surface area (Å²) in [7, 11) is 1.92. The number of aryl methyl sites for hydroxylation is 1. The lowest BCUT2D eigenvalue weighted by molar-refractivity contribution is 0.489. The highest BCUT2D eigenvalue weighted by Crippen LogP contribution is 2.34. The number of thiophene rings is 1. The van der Waals surface area contributed by atoms with Crippen molar-refractivity contribution < 1.29 is 0 Å². The van der Waals surface area contributed by atoms with E-state index in [2.05, 4.69) is 81.8 Å². The van der Waals surface area contributed by atoms with Crippen molar-refractivity contribution in [2.75, 3.05) is 18.9 Å². The van der Waals surface area contributed by atoms with Crippen LogP contribution in [0.5, 0.6) is 0 Å². The van der Waals surface area contributed by atoms with Crippen molar-refractivity contribution in [2.24, 2.45) is 5.92 Å². The molecule has 7 heteroatoms.